The number of carbonyl (C=O) groups excluding carboxylic acids is 1. The van der Waals surface area contributed by atoms with Crippen LogP contribution in [-0.4, -0.2) is 29.3 Å². The second-order valence-electron chi connectivity index (χ2n) is 5.32. The molecule has 8 heteroatoms. The summed E-state index contributed by atoms with van der Waals surface area (Å²) in [6.45, 7) is 1.83. The summed E-state index contributed by atoms with van der Waals surface area (Å²) in [6, 6.07) is 4.12. The number of hydrogen-bond acceptors (Lipinski definition) is 6. The molecule has 0 saturated heterocycles. The van der Waals surface area contributed by atoms with Crippen LogP contribution in [0.15, 0.2) is 18.2 Å². The van der Waals surface area contributed by atoms with Crippen molar-refractivity contribution in [2.45, 2.75) is 25.9 Å². The molecule has 1 aliphatic carbocycles. The van der Waals surface area contributed by atoms with Crippen LogP contribution in [0.2, 0.25) is 0 Å². The van der Waals surface area contributed by atoms with Gasteiger partial charge in [-0.3, -0.25) is 4.79 Å². The molecule has 1 fully saturated rings. The Morgan fingerprint density at radius 2 is 2.13 bits per heavy atom. The number of nitrogens with one attached hydrogen (secondary N) is 1. The second kappa shape index (κ2) is 6.49. The van der Waals surface area contributed by atoms with Gasteiger partial charge in [-0.15, -0.1) is 10.2 Å². The number of anilines is 1. The molecule has 0 atom stereocenters. The molecule has 6 nitrogen and oxygen atoms in total. The molecule has 0 radical (unpaired) electrons. The molecule has 0 bridgehead atoms. The van der Waals surface area contributed by atoms with E-state index < -0.39 is 0 Å². The van der Waals surface area contributed by atoms with Crippen molar-refractivity contribution < 1.29 is 18.7 Å². The summed E-state index contributed by atoms with van der Waals surface area (Å²) in [5, 5.41) is 11.8. The Morgan fingerprint density at radius 1 is 1.35 bits per heavy atom. The number of aryl methyl sites for hydroxylation is 1. The summed E-state index contributed by atoms with van der Waals surface area (Å²) < 4.78 is 24.2. The van der Waals surface area contributed by atoms with E-state index in [1.165, 1.54) is 36.6 Å². The summed E-state index contributed by atoms with van der Waals surface area (Å²) in [6.07, 6.45) is 1.02. The predicted octanol–water partition coefficient (Wildman–Crippen LogP) is 2.79. The topological polar surface area (TPSA) is 73.3 Å². The summed E-state index contributed by atoms with van der Waals surface area (Å²) in [4.78, 5) is 12.1. The van der Waals surface area contributed by atoms with Crippen molar-refractivity contribution in [3.8, 4) is 11.5 Å². The molecule has 1 heterocycles. The molecule has 1 saturated carbocycles. The number of carbonyl (C=O) groups is 1. The molecule has 1 aromatic carbocycles. The molecule has 122 valence electrons. The third kappa shape index (κ3) is 3.58. The van der Waals surface area contributed by atoms with Crippen molar-refractivity contribution in [3.05, 3.63) is 29.0 Å². The van der Waals surface area contributed by atoms with Crippen molar-refractivity contribution in [2.24, 2.45) is 5.92 Å². The highest BCUT2D eigenvalue weighted by molar-refractivity contribution is 7.15. The fourth-order valence-corrected chi connectivity index (χ4v) is 2.95. The third-order valence-corrected chi connectivity index (χ3v) is 4.40. The second-order valence-corrected chi connectivity index (χ2v) is 6.50. The quantitative estimate of drug-likeness (QED) is 0.908. The summed E-state index contributed by atoms with van der Waals surface area (Å²) in [5.74, 6) is 0.219. The Balaban J connectivity index is 1.53. The standard InChI is InChI=1S/C15H16FN3O3S/c1-8-18-19-15(23-8)17-14(20)9-5-11(6-9)22-13-7-10(16)3-4-12(13)21-2/h3-4,7,9,11H,5-6H2,1-2H3,(H,17,19,20)/t9-,11-. The maximum Gasteiger partial charge on any atom is 0.229 e. The number of ether oxygens (including phenoxy) is 2. The van der Waals surface area contributed by atoms with E-state index in [2.05, 4.69) is 15.5 Å². The van der Waals surface area contributed by atoms with E-state index in [1.807, 2.05) is 6.92 Å². The van der Waals surface area contributed by atoms with Gasteiger partial charge < -0.3 is 14.8 Å². The summed E-state index contributed by atoms with van der Waals surface area (Å²) >= 11 is 1.33. The van der Waals surface area contributed by atoms with Gasteiger partial charge in [0.2, 0.25) is 11.0 Å². The zero-order chi connectivity index (χ0) is 16.4. The van der Waals surface area contributed by atoms with Crippen LogP contribution in [0, 0.1) is 18.7 Å². The lowest BCUT2D eigenvalue weighted by atomic mass is 9.81. The lowest BCUT2D eigenvalue weighted by Crippen LogP contribution is -2.40. The van der Waals surface area contributed by atoms with E-state index in [-0.39, 0.29) is 23.7 Å². The van der Waals surface area contributed by atoms with Crippen molar-refractivity contribution in [1.82, 2.24) is 10.2 Å². The fraction of sp³-hybridized carbons (Fsp3) is 0.400. The molecular formula is C15H16FN3O3S. The Bertz CT molecular complexity index is 716. The van der Waals surface area contributed by atoms with Crippen molar-refractivity contribution >= 4 is 22.4 Å². The average Bonchev–Trinajstić information content (AvgIpc) is 2.87. The molecule has 0 spiro atoms. The lowest BCUT2D eigenvalue weighted by molar-refractivity contribution is -0.125. The van der Waals surface area contributed by atoms with Crippen molar-refractivity contribution in [1.29, 1.82) is 0 Å². The number of benzene rings is 1. The van der Waals surface area contributed by atoms with E-state index in [9.17, 15) is 9.18 Å². The maximum atomic E-state index is 13.3. The molecule has 2 aromatic rings. The van der Waals surface area contributed by atoms with Gasteiger partial charge in [0.25, 0.3) is 0 Å². The van der Waals surface area contributed by atoms with Gasteiger partial charge in [0.05, 0.1) is 7.11 Å². The van der Waals surface area contributed by atoms with Gasteiger partial charge in [-0.1, -0.05) is 11.3 Å². The Hall–Kier alpha value is -2.22. The molecule has 0 aliphatic heterocycles. The molecule has 1 amide bonds. The summed E-state index contributed by atoms with van der Waals surface area (Å²) in [7, 11) is 1.50. The minimum absolute atomic E-state index is 0.0905. The molecule has 1 N–H and O–H groups in total. The first-order valence-corrected chi connectivity index (χ1v) is 7.98. The van der Waals surface area contributed by atoms with Gasteiger partial charge >= 0.3 is 0 Å². The summed E-state index contributed by atoms with van der Waals surface area (Å²) in [5.41, 5.74) is 0. The van der Waals surface area contributed by atoms with Crippen LogP contribution in [-0.2, 0) is 4.79 Å². The van der Waals surface area contributed by atoms with E-state index >= 15 is 0 Å². The number of aromatic nitrogens is 2. The highest BCUT2D eigenvalue weighted by Crippen LogP contribution is 2.36. The van der Waals surface area contributed by atoms with Crippen molar-refractivity contribution in [3.63, 3.8) is 0 Å². The number of nitrogens with zero attached hydrogens (tertiary/aromatic N) is 2. The zero-order valence-corrected chi connectivity index (χ0v) is 13.5. The highest BCUT2D eigenvalue weighted by atomic mass is 32.1. The number of amides is 1. The average molecular weight is 337 g/mol. The van der Waals surface area contributed by atoms with Crippen LogP contribution >= 0.6 is 11.3 Å². The molecule has 3 rings (SSSR count). The molecular weight excluding hydrogens is 321 g/mol. The van der Waals surface area contributed by atoms with Gasteiger partial charge in [0, 0.05) is 12.0 Å². The highest BCUT2D eigenvalue weighted by Gasteiger charge is 2.37. The van der Waals surface area contributed by atoms with Crippen LogP contribution in [0.5, 0.6) is 11.5 Å². The van der Waals surface area contributed by atoms with Gasteiger partial charge in [-0.25, -0.2) is 4.39 Å². The van der Waals surface area contributed by atoms with Gasteiger partial charge in [0.1, 0.15) is 16.9 Å². The van der Waals surface area contributed by atoms with Crippen LogP contribution in [0.25, 0.3) is 0 Å². The van der Waals surface area contributed by atoms with Crippen LogP contribution in [0.4, 0.5) is 9.52 Å². The largest absolute Gasteiger partial charge is 0.493 e. The zero-order valence-electron chi connectivity index (χ0n) is 12.7. The van der Waals surface area contributed by atoms with Gasteiger partial charge in [-0.2, -0.15) is 0 Å². The number of halogens is 1. The monoisotopic (exact) mass is 337 g/mol. The van der Waals surface area contributed by atoms with Crippen molar-refractivity contribution in [2.75, 3.05) is 12.4 Å². The fourth-order valence-electron chi connectivity index (χ4n) is 2.35. The van der Waals surface area contributed by atoms with Crippen LogP contribution in [0.3, 0.4) is 0 Å². The van der Waals surface area contributed by atoms with Crippen LogP contribution < -0.4 is 14.8 Å². The van der Waals surface area contributed by atoms with Gasteiger partial charge in [0.15, 0.2) is 11.5 Å². The smallest absolute Gasteiger partial charge is 0.229 e. The molecule has 1 aliphatic rings. The Morgan fingerprint density at radius 3 is 2.78 bits per heavy atom. The third-order valence-electron chi connectivity index (χ3n) is 3.64. The number of methoxy groups -OCH3 is 1. The maximum absolute atomic E-state index is 13.3. The predicted molar refractivity (Wildman–Crippen MR) is 83.4 cm³/mol. The van der Waals surface area contributed by atoms with E-state index in [1.54, 1.807) is 0 Å². The van der Waals surface area contributed by atoms with E-state index in [0.717, 1.165) is 5.01 Å². The van der Waals surface area contributed by atoms with E-state index in [0.29, 0.717) is 29.5 Å². The first kappa shape index (κ1) is 15.7. The normalized spacial score (nSPS) is 19.8. The molecule has 23 heavy (non-hydrogen) atoms. The molecule has 1 aromatic heterocycles. The minimum atomic E-state index is -0.388. The van der Waals surface area contributed by atoms with Crippen LogP contribution in [0.1, 0.15) is 17.8 Å². The Labute approximate surface area is 136 Å². The number of rotatable bonds is 5. The van der Waals surface area contributed by atoms with E-state index in [4.69, 9.17) is 9.47 Å². The van der Waals surface area contributed by atoms with Gasteiger partial charge in [-0.05, 0) is 31.9 Å². The lowest BCUT2D eigenvalue weighted by Gasteiger charge is -2.34. The minimum Gasteiger partial charge on any atom is -0.493 e. The molecule has 0 unspecified atom stereocenters. The first-order valence-electron chi connectivity index (χ1n) is 7.16. The SMILES string of the molecule is COc1ccc(F)cc1O[C@H]1C[C@H](C(=O)Nc2nnc(C)s2)C1. The number of hydrogen-bond donors (Lipinski definition) is 1. The Kier molecular flexibility index (Phi) is 4.42. The first-order chi connectivity index (χ1) is 11.0.